The average Bonchev–Trinajstić information content (AvgIpc) is 3.03. The summed E-state index contributed by atoms with van der Waals surface area (Å²) in [6.45, 7) is 5.43. The number of fused-ring (bicyclic) bond motifs is 1. The Balaban J connectivity index is 1.97. The number of aromatic nitrogens is 6. The first-order valence-electron chi connectivity index (χ1n) is 6.63. The molecule has 3 aromatic rings. The van der Waals surface area contributed by atoms with E-state index in [-0.39, 0.29) is 11.1 Å². The Kier molecular flexibility index (Phi) is 3.32. The Morgan fingerprint density at radius 3 is 2.77 bits per heavy atom. The summed E-state index contributed by atoms with van der Waals surface area (Å²) >= 11 is 0. The van der Waals surface area contributed by atoms with Crippen molar-refractivity contribution in [3.05, 3.63) is 30.4 Å². The summed E-state index contributed by atoms with van der Waals surface area (Å²) in [4.78, 5) is 4.19. The summed E-state index contributed by atoms with van der Waals surface area (Å²) in [6, 6.07) is 3.20. The van der Waals surface area contributed by atoms with E-state index in [2.05, 4.69) is 25.1 Å². The summed E-state index contributed by atoms with van der Waals surface area (Å²) in [7, 11) is -3.78. The van der Waals surface area contributed by atoms with Gasteiger partial charge in [0.15, 0.2) is 10.7 Å². The maximum atomic E-state index is 12.5. The van der Waals surface area contributed by atoms with Gasteiger partial charge in [-0.25, -0.2) is 14.2 Å². The molecule has 0 saturated carbocycles. The molecule has 3 aromatic heterocycles. The number of anilines is 1. The number of nitrogens with one attached hydrogen (secondary N) is 1. The smallest absolute Gasteiger partial charge is 0.277 e. The third-order valence-electron chi connectivity index (χ3n) is 3.00. The van der Waals surface area contributed by atoms with Crippen LogP contribution < -0.4 is 4.72 Å². The summed E-state index contributed by atoms with van der Waals surface area (Å²) in [6.07, 6.45) is 2.79. The highest BCUT2D eigenvalue weighted by molar-refractivity contribution is 7.92. The summed E-state index contributed by atoms with van der Waals surface area (Å²) in [5.41, 5.74) is 1.03. The number of rotatable bonds is 4. The minimum Gasteiger partial charge on any atom is -0.277 e. The van der Waals surface area contributed by atoms with Crippen molar-refractivity contribution in [3.8, 4) is 0 Å². The van der Waals surface area contributed by atoms with E-state index >= 15 is 0 Å². The Bertz CT molecular complexity index is 926. The number of sulfonamides is 1. The van der Waals surface area contributed by atoms with Crippen molar-refractivity contribution in [1.29, 1.82) is 0 Å². The van der Waals surface area contributed by atoms with Crippen LogP contribution in [0.5, 0.6) is 0 Å². The van der Waals surface area contributed by atoms with Gasteiger partial charge in [0.1, 0.15) is 5.82 Å². The zero-order valence-corrected chi connectivity index (χ0v) is 13.1. The monoisotopic (exact) mass is 321 g/mol. The summed E-state index contributed by atoms with van der Waals surface area (Å²) in [5.74, 6) is 0.613. The van der Waals surface area contributed by atoms with Crippen LogP contribution in [0.4, 0.5) is 5.69 Å². The van der Waals surface area contributed by atoms with Crippen LogP contribution in [0.1, 0.15) is 25.7 Å². The van der Waals surface area contributed by atoms with Crippen LogP contribution in [-0.2, 0) is 10.0 Å². The predicted octanol–water partition coefficient (Wildman–Crippen LogP) is 1.01. The molecule has 0 aliphatic rings. The molecule has 1 N–H and O–H groups in total. The van der Waals surface area contributed by atoms with E-state index in [1.54, 1.807) is 25.3 Å². The minimum absolute atomic E-state index is 0.0115. The third kappa shape index (κ3) is 2.52. The van der Waals surface area contributed by atoms with Gasteiger partial charge in [0.2, 0.25) is 0 Å². The van der Waals surface area contributed by atoms with E-state index < -0.39 is 10.0 Å². The van der Waals surface area contributed by atoms with Gasteiger partial charge in [-0.1, -0.05) is 5.21 Å². The maximum Gasteiger partial charge on any atom is 0.280 e. The molecule has 0 unspecified atom stereocenters. The molecule has 116 valence electrons. The number of pyridine rings is 1. The highest BCUT2D eigenvalue weighted by atomic mass is 32.2. The van der Waals surface area contributed by atoms with Crippen molar-refractivity contribution < 1.29 is 8.42 Å². The predicted molar refractivity (Wildman–Crippen MR) is 78.9 cm³/mol. The molecule has 0 aliphatic carbocycles. The molecule has 0 bridgehead atoms. The number of hydrogen-bond acceptors (Lipinski definition) is 6. The van der Waals surface area contributed by atoms with Crippen LogP contribution in [0, 0.1) is 6.92 Å². The first-order chi connectivity index (χ1) is 10.4. The molecule has 0 radical (unpaired) electrons. The van der Waals surface area contributed by atoms with Crippen LogP contribution in [-0.4, -0.2) is 38.0 Å². The molecule has 10 heteroatoms. The average molecular weight is 321 g/mol. The molecular weight excluding hydrogens is 306 g/mol. The molecule has 0 aliphatic heterocycles. The third-order valence-corrected chi connectivity index (χ3v) is 4.34. The van der Waals surface area contributed by atoms with Crippen LogP contribution in [0.15, 0.2) is 29.6 Å². The lowest BCUT2D eigenvalue weighted by atomic mass is 10.4. The lowest BCUT2D eigenvalue weighted by Crippen LogP contribution is -2.19. The van der Waals surface area contributed by atoms with E-state index in [0.29, 0.717) is 17.2 Å². The van der Waals surface area contributed by atoms with Crippen LogP contribution in [0.2, 0.25) is 0 Å². The first kappa shape index (κ1) is 14.4. The van der Waals surface area contributed by atoms with Crippen molar-refractivity contribution in [1.82, 2.24) is 29.6 Å². The van der Waals surface area contributed by atoms with Gasteiger partial charge < -0.3 is 0 Å². The Morgan fingerprint density at radius 1 is 1.27 bits per heavy atom. The zero-order valence-electron chi connectivity index (χ0n) is 12.3. The quantitative estimate of drug-likeness (QED) is 0.768. The van der Waals surface area contributed by atoms with Gasteiger partial charge in [0, 0.05) is 6.04 Å². The Hall–Kier alpha value is -2.49. The summed E-state index contributed by atoms with van der Waals surface area (Å²) < 4.78 is 30.3. The molecule has 0 amide bonds. The topological polar surface area (TPSA) is 107 Å². The van der Waals surface area contributed by atoms with Gasteiger partial charge in [-0.05, 0) is 32.9 Å². The van der Waals surface area contributed by atoms with Gasteiger partial charge in [-0.2, -0.15) is 13.5 Å². The van der Waals surface area contributed by atoms with Gasteiger partial charge in [0.05, 0.1) is 18.1 Å². The fourth-order valence-corrected chi connectivity index (χ4v) is 3.26. The highest BCUT2D eigenvalue weighted by Gasteiger charge is 2.22. The fraction of sp³-hybridized carbons (Fsp3) is 0.333. The largest absolute Gasteiger partial charge is 0.280 e. The van der Waals surface area contributed by atoms with Crippen molar-refractivity contribution in [2.45, 2.75) is 31.8 Å². The molecule has 0 fully saturated rings. The van der Waals surface area contributed by atoms with Gasteiger partial charge in [0.25, 0.3) is 10.0 Å². The normalized spacial score (nSPS) is 12.2. The molecule has 0 aromatic carbocycles. The standard InChI is InChI=1S/C12H15N7O2S/c1-8(2)19-12(6-13-17-19)22(20,21)16-10-4-5-11-14-9(3)15-18(11)7-10/h4-8,16H,1-3H3. The van der Waals surface area contributed by atoms with Gasteiger partial charge in [-0.3, -0.25) is 4.72 Å². The van der Waals surface area contributed by atoms with Crippen LogP contribution in [0.3, 0.4) is 0 Å². The molecule has 0 spiro atoms. The molecule has 9 nitrogen and oxygen atoms in total. The Labute approximate surface area is 127 Å². The second-order valence-corrected chi connectivity index (χ2v) is 6.72. The van der Waals surface area contributed by atoms with Crippen LogP contribution >= 0.6 is 0 Å². The Morgan fingerprint density at radius 2 is 2.05 bits per heavy atom. The van der Waals surface area contributed by atoms with Crippen molar-refractivity contribution >= 4 is 21.4 Å². The molecular formula is C12H15N7O2S. The zero-order chi connectivity index (χ0) is 15.9. The van der Waals surface area contributed by atoms with E-state index in [1.165, 1.54) is 15.4 Å². The van der Waals surface area contributed by atoms with E-state index in [9.17, 15) is 8.42 Å². The highest BCUT2D eigenvalue weighted by Crippen LogP contribution is 2.18. The molecule has 3 heterocycles. The lowest BCUT2D eigenvalue weighted by molar-refractivity contribution is 0.468. The minimum atomic E-state index is -3.78. The second kappa shape index (κ2) is 5.05. The van der Waals surface area contributed by atoms with E-state index in [4.69, 9.17) is 0 Å². The fourth-order valence-electron chi connectivity index (χ4n) is 2.05. The number of nitrogens with zero attached hydrogens (tertiary/aromatic N) is 6. The van der Waals surface area contributed by atoms with Gasteiger partial charge >= 0.3 is 0 Å². The van der Waals surface area contributed by atoms with E-state index in [1.807, 2.05) is 13.8 Å². The maximum absolute atomic E-state index is 12.5. The number of aryl methyl sites for hydroxylation is 1. The molecule has 0 atom stereocenters. The first-order valence-corrected chi connectivity index (χ1v) is 8.11. The van der Waals surface area contributed by atoms with E-state index in [0.717, 1.165) is 0 Å². The second-order valence-electron chi connectivity index (χ2n) is 5.10. The van der Waals surface area contributed by atoms with Crippen molar-refractivity contribution in [3.63, 3.8) is 0 Å². The van der Waals surface area contributed by atoms with Crippen LogP contribution in [0.25, 0.3) is 5.65 Å². The lowest BCUT2D eigenvalue weighted by Gasteiger charge is -2.11. The van der Waals surface area contributed by atoms with Crippen molar-refractivity contribution in [2.75, 3.05) is 4.72 Å². The number of hydrogen-bond donors (Lipinski definition) is 1. The molecule has 22 heavy (non-hydrogen) atoms. The van der Waals surface area contributed by atoms with Gasteiger partial charge in [-0.15, -0.1) is 5.10 Å². The molecule has 0 saturated heterocycles. The SMILES string of the molecule is Cc1nc2ccc(NS(=O)(=O)c3cnnn3C(C)C)cn2n1. The summed E-state index contributed by atoms with van der Waals surface area (Å²) in [5, 5.41) is 11.6. The molecule has 3 rings (SSSR count). The van der Waals surface area contributed by atoms with Crippen molar-refractivity contribution in [2.24, 2.45) is 0 Å².